The van der Waals surface area contributed by atoms with Crippen molar-refractivity contribution in [1.29, 1.82) is 0 Å². The molecular weight excluding hydrogens is 336 g/mol. The summed E-state index contributed by atoms with van der Waals surface area (Å²) in [6.07, 6.45) is -0.684. The van der Waals surface area contributed by atoms with E-state index in [9.17, 15) is 19.7 Å². The lowest BCUT2D eigenvalue weighted by Crippen LogP contribution is -2.30. The Morgan fingerprint density at radius 1 is 1.23 bits per heavy atom. The van der Waals surface area contributed by atoms with Gasteiger partial charge in [0.25, 0.3) is 11.6 Å². The van der Waals surface area contributed by atoms with E-state index < -0.39 is 17.0 Å². The van der Waals surface area contributed by atoms with E-state index in [2.05, 4.69) is 6.58 Å². The van der Waals surface area contributed by atoms with Gasteiger partial charge in [0.05, 0.1) is 4.92 Å². The Bertz CT molecular complexity index is 887. The van der Waals surface area contributed by atoms with E-state index in [0.717, 1.165) is 0 Å². The van der Waals surface area contributed by atoms with Gasteiger partial charge in [0.2, 0.25) is 0 Å². The molecule has 1 amide bonds. The third-order valence-corrected chi connectivity index (χ3v) is 4.19. The molecule has 2 aromatic rings. The van der Waals surface area contributed by atoms with Crippen molar-refractivity contribution in [2.24, 2.45) is 0 Å². The molecule has 2 aromatic carbocycles. The second-order valence-corrected chi connectivity index (χ2v) is 5.87. The van der Waals surface area contributed by atoms with Crippen LogP contribution in [0.3, 0.4) is 0 Å². The molecule has 0 saturated heterocycles. The van der Waals surface area contributed by atoms with Crippen molar-refractivity contribution < 1.29 is 19.2 Å². The van der Waals surface area contributed by atoms with Crippen LogP contribution in [-0.4, -0.2) is 28.2 Å². The summed E-state index contributed by atoms with van der Waals surface area (Å²) in [6, 6.07) is 12.9. The summed E-state index contributed by atoms with van der Waals surface area (Å²) in [5.41, 5.74) is 2.06. The molecule has 0 spiro atoms. The number of nitrogens with zero attached hydrogens (tertiary/aromatic N) is 2. The van der Waals surface area contributed by atoms with Crippen molar-refractivity contribution in [2.75, 3.05) is 6.54 Å². The molecule has 0 aromatic heterocycles. The minimum Gasteiger partial charge on any atom is -0.456 e. The van der Waals surface area contributed by atoms with Crippen LogP contribution in [0.1, 0.15) is 34.5 Å². The van der Waals surface area contributed by atoms with Crippen LogP contribution in [0.25, 0.3) is 5.70 Å². The fourth-order valence-corrected chi connectivity index (χ4v) is 2.82. The lowest BCUT2D eigenvalue weighted by molar-refractivity contribution is -0.385. The topological polar surface area (TPSA) is 89.8 Å². The fourth-order valence-electron chi connectivity index (χ4n) is 2.82. The van der Waals surface area contributed by atoms with Gasteiger partial charge in [-0.25, -0.2) is 0 Å². The van der Waals surface area contributed by atoms with Gasteiger partial charge < -0.3 is 4.74 Å². The quantitative estimate of drug-likeness (QED) is 0.468. The molecule has 26 heavy (non-hydrogen) atoms. The highest BCUT2D eigenvalue weighted by molar-refractivity contribution is 6.10. The van der Waals surface area contributed by atoms with Crippen LogP contribution in [0.2, 0.25) is 0 Å². The lowest BCUT2D eigenvalue weighted by Gasteiger charge is -2.19. The average molecular weight is 352 g/mol. The molecule has 1 aliphatic rings. The number of non-ortho nitro benzene ring substituents is 1. The molecule has 1 heterocycles. The summed E-state index contributed by atoms with van der Waals surface area (Å²) in [7, 11) is 0. The van der Waals surface area contributed by atoms with Gasteiger partial charge in [-0.05, 0) is 18.6 Å². The number of ether oxygens (including phenoxy) is 1. The Labute approximate surface area is 149 Å². The highest BCUT2D eigenvalue weighted by Crippen LogP contribution is 2.31. The number of amides is 1. The Balaban J connectivity index is 1.68. The fraction of sp³-hybridized carbons (Fsp3) is 0.158. The van der Waals surface area contributed by atoms with Crippen molar-refractivity contribution >= 4 is 23.3 Å². The average Bonchev–Trinajstić information content (AvgIpc) is 2.87. The zero-order valence-electron chi connectivity index (χ0n) is 14.0. The first-order chi connectivity index (χ1) is 12.4. The summed E-state index contributed by atoms with van der Waals surface area (Å²) in [5.74, 6) is -0.920. The van der Waals surface area contributed by atoms with Crippen LogP contribution in [0.4, 0.5) is 5.69 Å². The highest BCUT2D eigenvalue weighted by atomic mass is 16.6. The molecule has 0 fully saturated rings. The predicted octanol–water partition coefficient (Wildman–Crippen LogP) is 3.33. The zero-order valence-corrected chi connectivity index (χ0v) is 14.0. The van der Waals surface area contributed by atoms with Crippen molar-refractivity contribution in [3.05, 3.63) is 81.9 Å². The molecular formula is C19H16N2O5. The van der Waals surface area contributed by atoms with Gasteiger partial charge >= 0.3 is 5.97 Å². The SMILES string of the molecule is C=C1c2ccccc2C(=O)N1CC(=O)O[C@@H](C)c1cccc([N+](=O)[O-])c1. The third kappa shape index (κ3) is 3.19. The van der Waals surface area contributed by atoms with Crippen LogP contribution in [0.15, 0.2) is 55.1 Å². The van der Waals surface area contributed by atoms with E-state index in [-0.39, 0.29) is 18.1 Å². The summed E-state index contributed by atoms with van der Waals surface area (Å²) < 4.78 is 5.33. The Morgan fingerprint density at radius 2 is 1.92 bits per heavy atom. The normalized spacial score (nSPS) is 14.1. The molecule has 0 bridgehead atoms. The molecule has 3 rings (SSSR count). The van der Waals surface area contributed by atoms with Crippen LogP contribution in [0, 0.1) is 10.1 Å². The van der Waals surface area contributed by atoms with Gasteiger partial charge in [-0.15, -0.1) is 0 Å². The predicted molar refractivity (Wildman–Crippen MR) is 94.1 cm³/mol. The second kappa shape index (κ2) is 6.79. The summed E-state index contributed by atoms with van der Waals surface area (Å²) in [4.78, 5) is 36.3. The Hall–Kier alpha value is -3.48. The zero-order chi connectivity index (χ0) is 18.8. The molecule has 0 aliphatic carbocycles. The molecule has 132 valence electrons. The van der Waals surface area contributed by atoms with Gasteiger partial charge in [-0.2, -0.15) is 0 Å². The van der Waals surface area contributed by atoms with Gasteiger partial charge in [0, 0.05) is 29.0 Å². The smallest absolute Gasteiger partial charge is 0.326 e. The number of hydrogen-bond donors (Lipinski definition) is 0. The summed E-state index contributed by atoms with van der Waals surface area (Å²) in [5, 5.41) is 10.9. The molecule has 0 saturated carbocycles. The first kappa shape index (κ1) is 17.3. The van der Waals surface area contributed by atoms with Gasteiger partial charge in [-0.3, -0.25) is 24.6 Å². The lowest BCUT2D eigenvalue weighted by atomic mass is 10.1. The monoisotopic (exact) mass is 352 g/mol. The first-order valence-corrected chi connectivity index (χ1v) is 7.92. The maximum Gasteiger partial charge on any atom is 0.326 e. The van der Waals surface area contributed by atoms with E-state index >= 15 is 0 Å². The molecule has 7 heteroatoms. The maximum absolute atomic E-state index is 12.4. The number of benzene rings is 2. The van der Waals surface area contributed by atoms with E-state index in [1.165, 1.54) is 23.1 Å². The van der Waals surface area contributed by atoms with Gasteiger partial charge in [0.15, 0.2) is 0 Å². The number of carbonyl (C=O) groups is 2. The number of rotatable bonds is 5. The number of fused-ring (bicyclic) bond motifs is 1. The standard InChI is InChI=1S/C19H16N2O5/c1-12-16-8-3-4-9-17(16)19(23)20(12)11-18(22)26-13(2)14-6-5-7-15(10-14)21(24)25/h3-10,13H,1,11H2,2H3/t13-/m0/s1. The summed E-state index contributed by atoms with van der Waals surface area (Å²) >= 11 is 0. The van der Waals surface area contributed by atoms with Crippen molar-refractivity contribution in [3.8, 4) is 0 Å². The van der Waals surface area contributed by atoms with Crippen LogP contribution in [-0.2, 0) is 9.53 Å². The molecule has 1 atom stereocenters. The molecule has 0 radical (unpaired) electrons. The molecule has 0 N–H and O–H groups in total. The van der Waals surface area contributed by atoms with Crippen molar-refractivity contribution in [3.63, 3.8) is 0 Å². The number of nitro benzene ring substituents is 1. The van der Waals surface area contributed by atoms with Gasteiger partial charge in [0.1, 0.15) is 12.6 Å². The Kier molecular flexibility index (Phi) is 4.53. The maximum atomic E-state index is 12.4. The minimum absolute atomic E-state index is 0.0797. The van der Waals surface area contributed by atoms with Crippen molar-refractivity contribution in [2.45, 2.75) is 13.0 Å². The molecule has 1 aliphatic heterocycles. The first-order valence-electron chi connectivity index (χ1n) is 7.92. The van der Waals surface area contributed by atoms with Crippen molar-refractivity contribution in [1.82, 2.24) is 4.90 Å². The van der Waals surface area contributed by atoms with Crippen LogP contribution >= 0.6 is 0 Å². The number of nitro groups is 1. The van der Waals surface area contributed by atoms with E-state index in [4.69, 9.17) is 4.74 Å². The largest absolute Gasteiger partial charge is 0.456 e. The summed E-state index contributed by atoms with van der Waals surface area (Å²) in [6.45, 7) is 5.22. The van der Waals surface area contributed by atoms with Gasteiger partial charge in [-0.1, -0.05) is 36.9 Å². The number of hydrogen-bond acceptors (Lipinski definition) is 5. The highest BCUT2D eigenvalue weighted by Gasteiger charge is 2.32. The van der Waals surface area contributed by atoms with E-state index in [1.54, 1.807) is 37.3 Å². The minimum atomic E-state index is -0.684. The van der Waals surface area contributed by atoms with E-state index in [0.29, 0.717) is 22.4 Å². The van der Waals surface area contributed by atoms with Crippen LogP contribution < -0.4 is 0 Å². The number of carbonyl (C=O) groups excluding carboxylic acids is 2. The number of esters is 1. The third-order valence-electron chi connectivity index (χ3n) is 4.19. The van der Waals surface area contributed by atoms with E-state index in [1.807, 2.05) is 0 Å². The molecule has 0 unspecified atom stereocenters. The Morgan fingerprint density at radius 3 is 2.58 bits per heavy atom. The molecule has 7 nitrogen and oxygen atoms in total. The van der Waals surface area contributed by atoms with Crippen LogP contribution in [0.5, 0.6) is 0 Å². The second-order valence-electron chi connectivity index (χ2n) is 5.87.